The number of rotatable bonds is 1. The smallest absolute Gasteiger partial charge is 0.410 e. The van der Waals surface area contributed by atoms with E-state index in [0.29, 0.717) is 23.1 Å². The molecule has 1 amide bonds. The van der Waals surface area contributed by atoms with Crippen LogP contribution >= 0.6 is 23.2 Å². The molecule has 1 heterocycles. The average molecular weight is 316 g/mol. The largest absolute Gasteiger partial charge is 0.444 e. The Hall–Kier alpha value is -0.930. The molecule has 1 aliphatic heterocycles. The fourth-order valence-electron chi connectivity index (χ4n) is 2.34. The van der Waals surface area contributed by atoms with Crippen molar-refractivity contribution in [3.8, 4) is 0 Å². The summed E-state index contributed by atoms with van der Waals surface area (Å²) in [5.41, 5.74) is 0.614. The van der Waals surface area contributed by atoms with Gasteiger partial charge in [0.25, 0.3) is 0 Å². The summed E-state index contributed by atoms with van der Waals surface area (Å²) < 4.78 is 5.39. The molecule has 1 aromatic carbocycles. The van der Waals surface area contributed by atoms with Gasteiger partial charge in [-0.2, -0.15) is 0 Å². The summed E-state index contributed by atoms with van der Waals surface area (Å²) >= 11 is 12.0. The number of halogens is 2. The Balaban J connectivity index is 2.03. The van der Waals surface area contributed by atoms with Crippen LogP contribution in [0.15, 0.2) is 18.2 Å². The predicted octanol–water partition coefficient (Wildman–Crippen LogP) is 4.72. The van der Waals surface area contributed by atoms with Crippen LogP contribution in [0.5, 0.6) is 0 Å². The molecule has 20 heavy (non-hydrogen) atoms. The summed E-state index contributed by atoms with van der Waals surface area (Å²) in [5.74, 6) is 0.263. The topological polar surface area (TPSA) is 29.5 Å². The number of carbonyl (C=O) groups excluding carboxylic acids is 1. The number of amides is 1. The first kappa shape index (κ1) is 15.5. The Bertz CT molecular complexity index is 491. The van der Waals surface area contributed by atoms with Crippen molar-refractivity contribution in [2.75, 3.05) is 13.1 Å². The van der Waals surface area contributed by atoms with Crippen LogP contribution in [0.25, 0.3) is 0 Å². The Morgan fingerprint density at radius 3 is 2.40 bits per heavy atom. The van der Waals surface area contributed by atoms with Crippen molar-refractivity contribution in [2.24, 2.45) is 0 Å². The number of nitrogens with zero attached hydrogens (tertiary/aromatic N) is 1. The van der Waals surface area contributed by atoms with E-state index in [1.807, 2.05) is 32.9 Å². The summed E-state index contributed by atoms with van der Waals surface area (Å²) in [7, 11) is 0. The number of hydrogen-bond acceptors (Lipinski definition) is 2. The second kappa shape index (κ2) is 5.82. The highest BCUT2D eigenvalue weighted by Crippen LogP contribution is 2.31. The molecule has 1 saturated heterocycles. The molecule has 2 rings (SSSR count). The highest BCUT2D eigenvalue weighted by atomic mass is 35.5. The monoisotopic (exact) mass is 315 g/mol. The van der Waals surface area contributed by atoms with Gasteiger partial charge in [-0.3, -0.25) is 0 Å². The summed E-state index contributed by atoms with van der Waals surface area (Å²) in [4.78, 5) is 13.8. The van der Waals surface area contributed by atoms with Crippen molar-refractivity contribution >= 4 is 29.3 Å². The van der Waals surface area contributed by atoms with Gasteiger partial charge in [-0.05, 0) is 51.0 Å². The lowest BCUT2D eigenvalue weighted by Gasteiger charge is -2.24. The molecule has 0 saturated carbocycles. The normalized spacial score (nSPS) is 19.2. The molecular weight excluding hydrogens is 297 g/mol. The molecule has 1 aromatic rings. The molecule has 0 bridgehead atoms. The number of hydrogen-bond donors (Lipinski definition) is 0. The first-order valence-corrected chi connectivity index (χ1v) is 7.44. The lowest BCUT2D eigenvalue weighted by Crippen LogP contribution is -2.35. The molecule has 0 aromatic heterocycles. The van der Waals surface area contributed by atoms with Crippen LogP contribution < -0.4 is 0 Å². The van der Waals surface area contributed by atoms with Gasteiger partial charge in [-0.25, -0.2) is 4.79 Å². The standard InChI is InChI=1S/C15H19Cl2NO2/c1-15(2,3)20-14(19)18-5-4-10(9-18)11-6-12(16)8-13(17)7-11/h6-8,10H,4-5,9H2,1-3H3/t10-/m1/s1. The third-order valence-electron chi connectivity index (χ3n) is 3.20. The van der Waals surface area contributed by atoms with E-state index in [-0.39, 0.29) is 12.0 Å². The Morgan fingerprint density at radius 1 is 1.25 bits per heavy atom. The Labute approximate surface area is 129 Å². The molecular formula is C15H19Cl2NO2. The van der Waals surface area contributed by atoms with Crippen LogP contribution in [0.4, 0.5) is 4.79 Å². The maximum atomic E-state index is 12.0. The minimum atomic E-state index is -0.464. The van der Waals surface area contributed by atoms with Gasteiger partial charge in [-0.15, -0.1) is 0 Å². The highest BCUT2D eigenvalue weighted by Gasteiger charge is 2.30. The molecule has 3 nitrogen and oxygen atoms in total. The van der Waals surface area contributed by atoms with Crippen LogP contribution in [-0.2, 0) is 4.74 Å². The third kappa shape index (κ3) is 4.03. The van der Waals surface area contributed by atoms with Gasteiger partial charge in [0.1, 0.15) is 5.60 Å². The summed E-state index contributed by atoms with van der Waals surface area (Å²) in [6, 6.07) is 5.54. The van der Waals surface area contributed by atoms with Crippen LogP contribution in [0.1, 0.15) is 38.7 Å². The third-order valence-corrected chi connectivity index (χ3v) is 3.63. The average Bonchev–Trinajstić information content (AvgIpc) is 2.74. The van der Waals surface area contributed by atoms with Gasteiger partial charge in [0.2, 0.25) is 0 Å². The second-order valence-electron chi connectivity index (χ2n) is 6.11. The quantitative estimate of drug-likeness (QED) is 0.750. The maximum Gasteiger partial charge on any atom is 0.410 e. The molecule has 1 aliphatic rings. The van der Waals surface area contributed by atoms with Crippen LogP contribution in [0.3, 0.4) is 0 Å². The highest BCUT2D eigenvalue weighted by molar-refractivity contribution is 6.34. The van der Waals surface area contributed by atoms with Crippen molar-refractivity contribution in [3.63, 3.8) is 0 Å². The molecule has 1 fully saturated rings. The number of benzene rings is 1. The summed E-state index contributed by atoms with van der Waals surface area (Å²) in [5, 5.41) is 1.26. The van der Waals surface area contributed by atoms with Crippen LogP contribution in [-0.4, -0.2) is 29.7 Å². The zero-order valence-corrected chi connectivity index (χ0v) is 13.5. The van der Waals surface area contributed by atoms with E-state index >= 15 is 0 Å². The van der Waals surface area contributed by atoms with Gasteiger partial charge >= 0.3 is 6.09 Å². The molecule has 5 heteroatoms. The SMILES string of the molecule is CC(C)(C)OC(=O)N1CC[C@@H](c2cc(Cl)cc(Cl)c2)C1. The fraction of sp³-hybridized carbons (Fsp3) is 0.533. The first-order chi connectivity index (χ1) is 9.24. The van der Waals surface area contributed by atoms with E-state index in [1.54, 1.807) is 11.0 Å². The second-order valence-corrected chi connectivity index (χ2v) is 6.99. The molecule has 0 aliphatic carbocycles. The van der Waals surface area contributed by atoms with Gasteiger partial charge in [0.15, 0.2) is 0 Å². The number of ether oxygens (including phenoxy) is 1. The van der Waals surface area contributed by atoms with E-state index in [4.69, 9.17) is 27.9 Å². The van der Waals surface area contributed by atoms with Crippen molar-refractivity contribution in [1.82, 2.24) is 4.90 Å². The zero-order chi connectivity index (χ0) is 14.9. The summed E-state index contributed by atoms with van der Waals surface area (Å²) in [6.45, 7) is 6.95. The van der Waals surface area contributed by atoms with Crippen molar-refractivity contribution in [3.05, 3.63) is 33.8 Å². The number of carbonyl (C=O) groups is 1. The molecule has 0 unspecified atom stereocenters. The van der Waals surface area contributed by atoms with Crippen molar-refractivity contribution in [2.45, 2.75) is 38.7 Å². The minimum Gasteiger partial charge on any atom is -0.444 e. The van der Waals surface area contributed by atoms with Crippen LogP contribution in [0.2, 0.25) is 10.0 Å². The van der Waals surface area contributed by atoms with E-state index < -0.39 is 5.60 Å². The van der Waals surface area contributed by atoms with E-state index in [0.717, 1.165) is 12.0 Å². The van der Waals surface area contributed by atoms with Gasteiger partial charge in [0, 0.05) is 29.1 Å². The fourth-order valence-corrected chi connectivity index (χ4v) is 2.88. The van der Waals surface area contributed by atoms with Crippen LogP contribution in [0, 0.1) is 0 Å². The van der Waals surface area contributed by atoms with Crippen molar-refractivity contribution < 1.29 is 9.53 Å². The molecule has 0 radical (unpaired) electrons. The van der Waals surface area contributed by atoms with Crippen molar-refractivity contribution in [1.29, 1.82) is 0 Å². The zero-order valence-electron chi connectivity index (χ0n) is 12.0. The van der Waals surface area contributed by atoms with Gasteiger partial charge in [-0.1, -0.05) is 23.2 Å². The van der Waals surface area contributed by atoms with E-state index in [2.05, 4.69) is 0 Å². The molecule has 0 spiro atoms. The molecule has 0 N–H and O–H groups in total. The lowest BCUT2D eigenvalue weighted by atomic mass is 9.99. The number of likely N-dealkylation sites (tertiary alicyclic amines) is 1. The minimum absolute atomic E-state index is 0.256. The molecule has 110 valence electrons. The van der Waals surface area contributed by atoms with Gasteiger partial charge in [0.05, 0.1) is 0 Å². The Morgan fingerprint density at radius 2 is 1.85 bits per heavy atom. The first-order valence-electron chi connectivity index (χ1n) is 6.68. The maximum absolute atomic E-state index is 12.0. The van der Waals surface area contributed by atoms with E-state index in [9.17, 15) is 4.79 Å². The predicted molar refractivity (Wildman–Crippen MR) is 81.6 cm³/mol. The van der Waals surface area contributed by atoms with E-state index in [1.165, 1.54) is 0 Å². The van der Waals surface area contributed by atoms with Gasteiger partial charge < -0.3 is 9.64 Å². The summed E-state index contributed by atoms with van der Waals surface area (Å²) in [6.07, 6.45) is 0.642. The lowest BCUT2D eigenvalue weighted by molar-refractivity contribution is 0.0292. The molecule has 1 atom stereocenters. The Kier molecular flexibility index (Phi) is 4.50.